The number of allylic oxidation sites excluding steroid dienone is 5. The van der Waals surface area contributed by atoms with Gasteiger partial charge in [0.05, 0.1) is 0 Å². The molecular weight excluding hydrogens is 366 g/mol. The largest absolute Gasteiger partial charge is 0.385 e. The molecule has 3 aliphatic rings. The minimum absolute atomic E-state index is 0.0754. The van der Waals surface area contributed by atoms with E-state index in [1.165, 1.54) is 11.6 Å². The zero-order valence-electron chi connectivity index (χ0n) is 18.1. The van der Waals surface area contributed by atoms with Gasteiger partial charge in [0.2, 0.25) is 5.91 Å². The third-order valence-corrected chi connectivity index (χ3v) is 7.01. The summed E-state index contributed by atoms with van der Waals surface area (Å²) in [7, 11) is 0. The van der Waals surface area contributed by atoms with Crippen LogP contribution in [0.25, 0.3) is 0 Å². The zero-order chi connectivity index (χ0) is 21.5. The lowest BCUT2D eigenvalue weighted by molar-refractivity contribution is -0.142. The van der Waals surface area contributed by atoms with Gasteiger partial charge in [0, 0.05) is 17.9 Å². The molecule has 29 heavy (non-hydrogen) atoms. The van der Waals surface area contributed by atoms with E-state index in [0.29, 0.717) is 18.8 Å². The van der Waals surface area contributed by atoms with Crippen molar-refractivity contribution in [2.75, 3.05) is 0 Å². The van der Waals surface area contributed by atoms with Crippen LogP contribution in [0, 0.1) is 29.1 Å². The Morgan fingerprint density at radius 1 is 1.17 bits per heavy atom. The summed E-state index contributed by atoms with van der Waals surface area (Å²) in [4.78, 5) is 39.3. The number of carbonyl (C=O) groups is 3. The third-order valence-electron chi connectivity index (χ3n) is 7.01. The highest BCUT2D eigenvalue weighted by atomic mass is 16.3. The van der Waals surface area contributed by atoms with Crippen molar-refractivity contribution in [1.82, 2.24) is 5.32 Å². The molecule has 5 nitrogen and oxygen atoms in total. The number of amides is 1. The smallest absolute Gasteiger partial charge is 0.235 e. The molecule has 3 rings (SSSR count). The van der Waals surface area contributed by atoms with Crippen LogP contribution >= 0.6 is 0 Å². The van der Waals surface area contributed by atoms with Crippen molar-refractivity contribution < 1.29 is 19.5 Å². The first-order valence-corrected chi connectivity index (χ1v) is 10.7. The van der Waals surface area contributed by atoms with Crippen LogP contribution in [0.2, 0.25) is 0 Å². The van der Waals surface area contributed by atoms with Crippen LogP contribution in [0.1, 0.15) is 53.9 Å². The molecular formula is C24H33NO4. The van der Waals surface area contributed by atoms with Crippen LogP contribution in [-0.2, 0) is 14.4 Å². The second-order valence-corrected chi connectivity index (χ2v) is 9.50. The molecule has 1 saturated heterocycles. The lowest BCUT2D eigenvalue weighted by Crippen LogP contribution is -2.51. The van der Waals surface area contributed by atoms with Gasteiger partial charge < -0.3 is 10.4 Å². The highest BCUT2D eigenvalue weighted by Crippen LogP contribution is 2.55. The van der Waals surface area contributed by atoms with Crippen molar-refractivity contribution in [1.29, 1.82) is 0 Å². The van der Waals surface area contributed by atoms with E-state index in [4.69, 9.17) is 0 Å². The molecule has 6 atom stereocenters. The Kier molecular flexibility index (Phi) is 6.00. The number of ketones is 2. The van der Waals surface area contributed by atoms with Gasteiger partial charge in [0.1, 0.15) is 11.5 Å². The van der Waals surface area contributed by atoms with Crippen molar-refractivity contribution in [2.24, 2.45) is 29.1 Å². The number of carbonyl (C=O) groups excluding carboxylic acids is 3. The van der Waals surface area contributed by atoms with E-state index in [1.54, 1.807) is 0 Å². The molecule has 0 aromatic carbocycles. The molecule has 0 bridgehead atoms. The second kappa shape index (κ2) is 8.02. The lowest BCUT2D eigenvalue weighted by Gasteiger charge is -2.44. The Hall–Kier alpha value is -2.01. The number of rotatable bonds is 2. The van der Waals surface area contributed by atoms with Gasteiger partial charge in [-0.25, -0.2) is 0 Å². The van der Waals surface area contributed by atoms with Gasteiger partial charge in [-0.1, -0.05) is 44.1 Å². The SMILES string of the molecule is CC1=C[C@@H]2/C=C(\C)CC[C@@H](O)C(=O)/C=C/C(=O)[C@]23C(=O)N[C@@H](CC(C)C)[C@@H]3[C@@H]1C. The van der Waals surface area contributed by atoms with E-state index in [0.717, 1.165) is 18.1 Å². The fourth-order valence-corrected chi connectivity index (χ4v) is 5.45. The molecule has 0 radical (unpaired) electrons. The Morgan fingerprint density at radius 3 is 2.52 bits per heavy atom. The van der Waals surface area contributed by atoms with Crippen molar-refractivity contribution in [3.8, 4) is 0 Å². The van der Waals surface area contributed by atoms with Crippen LogP contribution in [0.5, 0.6) is 0 Å². The predicted octanol–water partition coefficient (Wildman–Crippen LogP) is 3.14. The summed E-state index contributed by atoms with van der Waals surface area (Å²) in [6.07, 6.45) is 7.00. The topological polar surface area (TPSA) is 83.5 Å². The maximum atomic E-state index is 13.6. The van der Waals surface area contributed by atoms with E-state index in [9.17, 15) is 19.5 Å². The second-order valence-electron chi connectivity index (χ2n) is 9.50. The Bertz CT molecular complexity index is 806. The van der Waals surface area contributed by atoms with Gasteiger partial charge in [0.25, 0.3) is 0 Å². The molecule has 0 aromatic rings. The normalized spacial score (nSPS) is 40.9. The van der Waals surface area contributed by atoms with Crippen molar-refractivity contribution in [3.63, 3.8) is 0 Å². The molecule has 1 amide bonds. The van der Waals surface area contributed by atoms with Crippen LogP contribution in [0.3, 0.4) is 0 Å². The summed E-state index contributed by atoms with van der Waals surface area (Å²) >= 11 is 0. The molecule has 2 N–H and O–H groups in total. The molecule has 1 aliphatic heterocycles. The van der Waals surface area contributed by atoms with Gasteiger partial charge in [-0.3, -0.25) is 14.4 Å². The fourth-order valence-electron chi connectivity index (χ4n) is 5.45. The first kappa shape index (κ1) is 21.7. The van der Waals surface area contributed by atoms with E-state index < -0.39 is 17.3 Å². The van der Waals surface area contributed by atoms with Gasteiger partial charge in [-0.05, 0) is 57.1 Å². The van der Waals surface area contributed by atoms with Crippen LogP contribution < -0.4 is 5.32 Å². The minimum atomic E-state index is -1.24. The summed E-state index contributed by atoms with van der Waals surface area (Å²) in [5, 5.41) is 13.2. The third kappa shape index (κ3) is 3.65. The Balaban J connectivity index is 2.21. The van der Waals surface area contributed by atoms with Crippen molar-refractivity contribution in [3.05, 3.63) is 35.5 Å². The molecule has 0 aromatic heterocycles. The van der Waals surface area contributed by atoms with Crippen LogP contribution in [0.15, 0.2) is 35.5 Å². The van der Waals surface area contributed by atoms with Gasteiger partial charge in [0.15, 0.2) is 11.6 Å². The van der Waals surface area contributed by atoms with E-state index >= 15 is 0 Å². The number of aliphatic hydroxyl groups excluding tert-OH is 1. The summed E-state index contributed by atoms with van der Waals surface area (Å²) < 4.78 is 0. The average Bonchev–Trinajstić information content (AvgIpc) is 2.93. The first-order valence-electron chi connectivity index (χ1n) is 10.7. The van der Waals surface area contributed by atoms with E-state index in [1.807, 2.05) is 13.0 Å². The Labute approximate surface area is 173 Å². The maximum Gasteiger partial charge on any atom is 0.235 e. The van der Waals surface area contributed by atoms with Gasteiger partial charge in [-0.15, -0.1) is 0 Å². The highest BCUT2D eigenvalue weighted by molar-refractivity contribution is 6.15. The van der Waals surface area contributed by atoms with E-state index in [-0.39, 0.29) is 35.5 Å². The van der Waals surface area contributed by atoms with Crippen LogP contribution in [-0.4, -0.2) is 34.7 Å². The molecule has 0 unspecified atom stereocenters. The van der Waals surface area contributed by atoms with Crippen molar-refractivity contribution >= 4 is 17.5 Å². The monoisotopic (exact) mass is 399 g/mol. The summed E-state index contributed by atoms with van der Waals surface area (Å²) in [6, 6.07) is -0.0823. The lowest BCUT2D eigenvalue weighted by atomic mass is 9.55. The molecule has 0 saturated carbocycles. The molecule has 1 fully saturated rings. The standard InChI is InChI=1S/C24H33NO4/c1-13(2)10-18-22-16(5)15(4)12-17-11-14(3)6-7-19(26)20(27)8-9-21(28)24(17,22)23(29)25-18/h8-9,11-13,16-19,22,26H,6-7,10H2,1-5H3,(H,25,29)/b9-8+,14-11+/t16-,17+,18+,19-,22+,24-/m1/s1. The number of aliphatic hydroxyl groups is 1. The number of hydrogen-bond donors (Lipinski definition) is 2. The number of nitrogens with one attached hydrogen (secondary N) is 1. The highest BCUT2D eigenvalue weighted by Gasteiger charge is 2.64. The quantitative estimate of drug-likeness (QED) is 0.552. The predicted molar refractivity (Wildman–Crippen MR) is 112 cm³/mol. The summed E-state index contributed by atoms with van der Waals surface area (Å²) in [6.45, 7) is 10.3. The number of hydrogen-bond acceptors (Lipinski definition) is 4. The zero-order valence-corrected chi connectivity index (χ0v) is 18.1. The van der Waals surface area contributed by atoms with Gasteiger partial charge in [-0.2, -0.15) is 0 Å². The summed E-state index contributed by atoms with van der Waals surface area (Å²) in [5.74, 6) is -1.12. The minimum Gasteiger partial charge on any atom is -0.385 e. The van der Waals surface area contributed by atoms with E-state index in [2.05, 4.69) is 39.1 Å². The summed E-state index contributed by atoms with van der Waals surface area (Å²) in [5.41, 5.74) is 0.923. The molecule has 1 heterocycles. The molecule has 158 valence electrons. The maximum absolute atomic E-state index is 13.6. The van der Waals surface area contributed by atoms with Gasteiger partial charge >= 0.3 is 0 Å². The first-order chi connectivity index (χ1) is 13.6. The molecule has 2 aliphatic carbocycles. The van der Waals surface area contributed by atoms with Crippen molar-refractivity contribution in [2.45, 2.75) is 66.0 Å². The van der Waals surface area contributed by atoms with Crippen LogP contribution in [0.4, 0.5) is 0 Å². The fraction of sp³-hybridized carbons (Fsp3) is 0.625. The molecule has 1 spiro atoms. The molecule has 5 heteroatoms. The Morgan fingerprint density at radius 2 is 1.86 bits per heavy atom. The average molecular weight is 400 g/mol.